The van der Waals surface area contributed by atoms with Crippen molar-refractivity contribution in [1.29, 1.82) is 0 Å². The molecule has 2 aliphatic carbocycles. The number of esters is 2. The van der Waals surface area contributed by atoms with Gasteiger partial charge in [-0.2, -0.15) is 0 Å². The van der Waals surface area contributed by atoms with Crippen LogP contribution in [0.15, 0.2) is 30.3 Å². The van der Waals surface area contributed by atoms with E-state index in [1.54, 1.807) is 6.07 Å². The topological polar surface area (TPSA) is 82.1 Å². The van der Waals surface area contributed by atoms with Gasteiger partial charge in [-0.25, -0.2) is 4.79 Å². The minimum atomic E-state index is -1.76. The molecule has 0 bridgehead atoms. The Kier molecular flexibility index (Phi) is 5.63. The van der Waals surface area contributed by atoms with Crippen LogP contribution < -0.4 is 4.74 Å². The minimum Gasteiger partial charge on any atom is -0.465 e. The molecule has 6 heteroatoms. The van der Waals surface area contributed by atoms with Gasteiger partial charge in [0.15, 0.2) is 5.41 Å². The molecule has 3 aliphatic rings. The molecule has 34 heavy (non-hydrogen) atoms. The molecular weight excluding hydrogens is 432 g/mol. The summed E-state index contributed by atoms with van der Waals surface area (Å²) in [5.41, 5.74) is -0.604. The van der Waals surface area contributed by atoms with E-state index < -0.39 is 23.1 Å². The van der Waals surface area contributed by atoms with Crippen LogP contribution in [0.4, 0.5) is 0 Å². The van der Waals surface area contributed by atoms with Crippen molar-refractivity contribution in [1.82, 2.24) is 0 Å². The highest BCUT2D eigenvalue weighted by molar-refractivity contribution is 6.05. The van der Waals surface area contributed by atoms with Crippen molar-refractivity contribution in [3.63, 3.8) is 0 Å². The first-order chi connectivity index (χ1) is 16.2. The second-order valence-electron chi connectivity index (χ2n) is 10.8. The van der Waals surface area contributed by atoms with Gasteiger partial charge in [0.1, 0.15) is 17.4 Å². The summed E-state index contributed by atoms with van der Waals surface area (Å²) >= 11 is 0. The van der Waals surface area contributed by atoms with Gasteiger partial charge in [-0.1, -0.05) is 51.5 Å². The van der Waals surface area contributed by atoms with E-state index in [0.29, 0.717) is 36.7 Å². The molecule has 1 aliphatic heterocycles. The predicted molar refractivity (Wildman–Crippen MR) is 128 cm³/mol. The first-order valence-corrected chi connectivity index (χ1v) is 12.5. The lowest BCUT2D eigenvalue weighted by Crippen LogP contribution is -2.54. The smallest absolute Gasteiger partial charge is 0.341 e. The van der Waals surface area contributed by atoms with Gasteiger partial charge in [0, 0.05) is 12.0 Å². The normalized spacial score (nSPS) is 32.2. The Bertz CT molecular complexity index is 1140. The van der Waals surface area contributed by atoms with E-state index in [1.807, 2.05) is 24.3 Å². The van der Waals surface area contributed by atoms with Crippen molar-refractivity contribution >= 4 is 22.7 Å². The molecule has 1 heterocycles. The van der Waals surface area contributed by atoms with Gasteiger partial charge in [-0.3, -0.25) is 4.79 Å². The fourth-order valence-corrected chi connectivity index (χ4v) is 6.60. The lowest BCUT2D eigenvalue weighted by molar-refractivity contribution is -0.195. The fourth-order valence-electron chi connectivity index (χ4n) is 6.60. The quantitative estimate of drug-likeness (QED) is 0.629. The SMILES string of the molecule is COC(=O)c1cc2ccccc2c2c1O[C@]1(O)CCC[C@]21C(=O)O[C@@H]1C[C@H](C)CC[C@H]1C(C)C. The summed E-state index contributed by atoms with van der Waals surface area (Å²) in [5.74, 6) is -1.37. The van der Waals surface area contributed by atoms with Crippen LogP contribution >= 0.6 is 0 Å². The molecule has 0 radical (unpaired) electrons. The summed E-state index contributed by atoms with van der Waals surface area (Å²) < 4.78 is 17.5. The predicted octanol–water partition coefficient (Wildman–Crippen LogP) is 5.13. The average molecular weight is 467 g/mol. The zero-order valence-electron chi connectivity index (χ0n) is 20.4. The molecule has 6 nitrogen and oxygen atoms in total. The lowest BCUT2D eigenvalue weighted by atomic mass is 9.73. The number of fused-ring (bicyclic) bond motifs is 5. The van der Waals surface area contributed by atoms with Crippen LogP contribution in [0, 0.1) is 17.8 Å². The maximum Gasteiger partial charge on any atom is 0.341 e. The number of benzene rings is 2. The molecule has 0 unspecified atom stereocenters. The van der Waals surface area contributed by atoms with Gasteiger partial charge in [0.05, 0.1) is 7.11 Å². The van der Waals surface area contributed by atoms with Gasteiger partial charge < -0.3 is 19.3 Å². The number of carbonyl (C=O) groups excluding carboxylic acids is 2. The maximum absolute atomic E-state index is 14.2. The summed E-state index contributed by atoms with van der Waals surface area (Å²) in [4.78, 5) is 26.9. The first kappa shape index (κ1) is 23.2. The summed E-state index contributed by atoms with van der Waals surface area (Å²) in [7, 11) is 1.31. The Hall–Kier alpha value is -2.60. The molecule has 5 rings (SSSR count). The third kappa shape index (κ3) is 3.25. The molecule has 0 spiro atoms. The molecule has 5 atom stereocenters. The maximum atomic E-state index is 14.2. The number of carbonyl (C=O) groups is 2. The Morgan fingerprint density at radius 1 is 1.18 bits per heavy atom. The van der Waals surface area contributed by atoms with Crippen LogP contribution in [0.2, 0.25) is 0 Å². The lowest BCUT2D eigenvalue weighted by Gasteiger charge is -2.40. The Morgan fingerprint density at radius 2 is 1.94 bits per heavy atom. The number of rotatable bonds is 4. The number of ether oxygens (including phenoxy) is 3. The van der Waals surface area contributed by atoms with Crippen molar-refractivity contribution in [2.24, 2.45) is 17.8 Å². The van der Waals surface area contributed by atoms with E-state index in [2.05, 4.69) is 20.8 Å². The van der Waals surface area contributed by atoms with Crippen LogP contribution in [0.1, 0.15) is 75.2 Å². The fraction of sp³-hybridized carbons (Fsp3) is 0.571. The number of aliphatic hydroxyl groups is 1. The van der Waals surface area contributed by atoms with Gasteiger partial charge in [-0.05, 0) is 60.3 Å². The summed E-state index contributed by atoms with van der Waals surface area (Å²) in [6.45, 7) is 6.55. The molecule has 2 aromatic rings. The second kappa shape index (κ2) is 8.26. The van der Waals surface area contributed by atoms with Crippen LogP contribution in [0.3, 0.4) is 0 Å². The zero-order valence-corrected chi connectivity index (χ0v) is 20.4. The number of hydrogen-bond donors (Lipinski definition) is 1. The monoisotopic (exact) mass is 466 g/mol. The Balaban J connectivity index is 1.66. The Morgan fingerprint density at radius 3 is 2.68 bits per heavy atom. The average Bonchev–Trinajstić information content (AvgIpc) is 3.27. The van der Waals surface area contributed by atoms with E-state index >= 15 is 0 Å². The van der Waals surface area contributed by atoms with E-state index in [4.69, 9.17) is 14.2 Å². The molecule has 0 saturated heterocycles. The summed E-state index contributed by atoms with van der Waals surface area (Å²) in [6.07, 6.45) is 4.09. The van der Waals surface area contributed by atoms with Crippen molar-refractivity contribution < 1.29 is 28.9 Å². The Labute approximate surface area is 200 Å². The van der Waals surface area contributed by atoms with Crippen molar-refractivity contribution in [2.45, 2.75) is 76.6 Å². The van der Waals surface area contributed by atoms with Crippen molar-refractivity contribution in [3.05, 3.63) is 41.5 Å². The van der Waals surface area contributed by atoms with Gasteiger partial charge in [0.25, 0.3) is 0 Å². The largest absolute Gasteiger partial charge is 0.465 e. The molecule has 2 fully saturated rings. The van der Waals surface area contributed by atoms with E-state index in [1.165, 1.54) is 7.11 Å². The molecule has 1 N–H and O–H groups in total. The summed E-state index contributed by atoms with van der Waals surface area (Å²) in [6, 6.07) is 9.29. The van der Waals surface area contributed by atoms with E-state index in [0.717, 1.165) is 30.0 Å². The first-order valence-electron chi connectivity index (χ1n) is 12.5. The van der Waals surface area contributed by atoms with Gasteiger partial charge in [-0.15, -0.1) is 0 Å². The van der Waals surface area contributed by atoms with Crippen LogP contribution in [0.25, 0.3) is 10.8 Å². The van der Waals surface area contributed by atoms with Crippen LogP contribution in [0.5, 0.6) is 5.75 Å². The van der Waals surface area contributed by atoms with Gasteiger partial charge >= 0.3 is 11.9 Å². The summed E-state index contributed by atoms with van der Waals surface area (Å²) in [5, 5.41) is 13.4. The molecule has 0 amide bonds. The molecular formula is C28H34O6. The molecule has 2 saturated carbocycles. The highest BCUT2D eigenvalue weighted by Crippen LogP contribution is 2.61. The number of methoxy groups -OCH3 is 1. The van der Waals surface area contributed by atoms with Crippen LogP contribution in [-0.2, 0) is 19.7 Å². The van der Waals surface area contributed by atoms with E-state index in [-0.39, 0.29) is 23.3 Å². The molecule has 2 aromatic carbocycles. The molecule has 0 aromatic heterocycles. The van der Waals surface area contributed by atoms with Crippen molar-refractivity contribution in [2.75, 3.05) is 7.11 Å². The standard InChI is InChI=1S/C28H34O6/c1-16(2)19-11-10-17(3)14-22(19)33-26(30)27-12-7-13-28(27,31)34-24-21(25(29)32-4)15-18-8-5-6-9-20(18)23(24)27/h5-6,8-9,15-17,19,22,31H,7,10-14H2,1-4H3/t17-,19+,22-,27-,28-/m1/s1. The minimum absolute atomic E-state index is 0.199. The molecule has 182 valence electrons. The van der Waals surface area contributed by atoms with E-state index in [9.17, 15) is 14.7 Å². The zero-order chi connectivity index (χ0) is 24.3. The van der Waals surface area contributed by atoms with Crippen molar-refractivity contribution in [3.8, 4) is 5.75 Å². The van der Waals surface area contributed by atoms with Gasteiger partial charge in [0.2, 0.25) is 5.79 Å². The third-order valence-electron chi connectivity index (χ3n) is 8.41. The number of hydrogen-bond acceptors (Lipinski definition) is 6. The van der Waals surface area contributed by atoms with Crippen LogP contribution in [-0.4, -0.2) is 36.0 Å². The highest BCUT2D eigenvalue weighted by Gasteiger charge is 2.69. The third-order valence-corrected chi connectivity index (χ3v) is 8.41. The second-order valence-corrected chi connectivity index (χ2v) is 10.8. The highest BCUT2D eigenvalue weighted by atomic mass is 16.6.